The summed E-state index contributed by atoms with van der Waals surface area (Å²) in [4.78, 5) is 8.29. The smallest absolute Gasteiger partial charge is 0.0456 e. The van der Waals surface area contributed by atoms with Crippen LogP contribution in [0.4, 0.5) is 0 Å². The SMILES string of the molecule is CN1CCN(CCCc2ccc3cc[nH]c3c2)CC1. The molecule has 1 aliphatic heterocycles. The van der Waals surface area contributed by atoms with Gasteiger partial charge in [-0.15, -0.1) is 0 Å². The highest BCUT2D eigenvalue weighted by Crippen LogP contribution is 2.15. The van der Waals surface area contributed by atoms with Crippen molar-refractivity contribution in [3.05, 3.63) is 36.0 Å². The van der Waals surface area contributed by atoms with Gasteiger partial charge in [-0.05, 0) is 49.5 Å². The quantitative estimate of drug-likeness (QED) is 0.908. The lowest BCUT2D eigenvalue weighted by Crippen LogP contribution is -2.44. The number of fused-ring (bicyclic) bond motifs is 1. The average molecular weight is 257 g/mol. The number of hydrogen-bond donors (Lipinski definition) is 1. The van der Waals surface area contributed by atoms with Crippen LogP contribution in [0.15, 0.2) is 30.5 Å². The lowest BCUT2D eigenvalue weighted by atomic mass is 10.1. The van der Waals surface area contributed by atoms with Crippen LogP contribution in [0.25, 0.3) is 10.9 Å². The normalized spacial score (nSPS) is 18.2. The van der Waals surface area contributed by atoms with E-state index in [4.69, 9.17) is 0 Å². The van der Waals surface area contributed by atoms with Crippen LogP contribution in [0.5, 0.6) is 0 Å². The molecular weight excluding hydrogens is 234 g/mol. The Kier molecular flexibility index (Phi) is 3.85. The van der Waals surface area contributed by atoms with E-state index in [9.17, 15) is 0 Å². The van der Waals surface area contributed by atoms with Crippen LogP contribution in [-0.2, 0) is 6.42 Å². The highest BCUT2D eigenvalue weighted by molar-refractivity contribution is 5.79. The molecule has 1 aromatic carbocycles. The number of nitrogens with one attached hydrogen (secondary N) is 1. The number of benzene rings is 1. The first kappa shape index (κ1) is 12.7. The summed E-state index contributed by atoms with van der Waals surface area (Å²) < 4.78 is 0. The molecule has 2 aromatic rings. The number of nitrogens with zero attached hydrogens (tertiary/aromatic N) is 2. The molecule has 0 saturated carbocycles. The molecule has 102 valence electrons. The lowest BCUT2D eigenvalue weighted by molar-refractivity contribution is 0.153. The van der Waals surface area contributed by atoms with Gasteiger partial charge in [-0.25, -0.2) is 0 Å². The molecule has 1 aromatic heterocycles. The third kappa shape index (κ3) is 3.17. The maximum Gasteiger partial charge on any atom is 0.0456 e. The molecule has 0 amide bonds. The van der Waals surface area contributed by atoms with Crippen LogP contribution in [0.1, 0.15) is 12.0 Å². The van der Waals surface area contributed by atoms with Gasteiger partial charge in [0.25, 0.3) is 0 Å². The summed E-state index contributed by atoms with van der Waals surface area (Å²) in [5, 5.41) is 1.31. The Morgan fingerprint density at radius 3 is 2.79 bits per heavy atom. The number of rotatable bonds is 4. The van der Waals surface area contributed by atoms with Gasteiger partial charge in [0.1, 0.15) is 0 Å². The van der Waals surface area contributed by atoms with Crippen molar-refractivity contribution in [1.29, 1.82) is 0 Å². The van der Waals surface area contributed by atoms with Crippen molar-refractivity contribution in [1.82, 2.24) is 14.8 Å². The second-order valence-electron chi connectivity index (χ2n) is 5.65. The lowest BCUT2D eigenvalue weighted by Gasteiger charge is -2.32. The number of hydrogen-bond acceptors (Lipinski definition) is 2. The molecule has 0 atom stereocenters. The third-order valence-electron chi connectivity index (χ3n) is 4.16. The van der Waals surface area contributed by atoms with Crippen molar-refractivity contribution < 1.29 is 0 Å². The number of H-pyrrole nitrogens is 1. The maximum atomic E-state index is 3.29. The molecule has 0 radical (unpaired) electrons. The van der Waals surface area contributed by atoms with Crippen molar-refractivity contribution in [3.8, 4) is 0 Å². The summed E-state index contributed by atoms with van der Waals surface area (Å²) in [6, 6.07) is 8.90. The molecule has 0 aliphatic carbocycles. The Morgan fingerprint density at radius 1 is 1.11 bits per heavy atom. The molecule has 2 heterocycles. The Bertz CT molecular complexity index is 524. The van der Waals surface area contributed by atoms with E-state index in [0.717, 1.165) is 0 Å². The van der Waals surface area contributed by atoms with Crippen LogP contribution in [0.3, 0.4) is 0 Å². The standard InChI is InChI=1S/C16H23N3/c1-18-9-11-19(12-10-18)8-2-3-14-4-5-15-6-7-17-16(15)13-14/h4-7,13,17H,2-3,8-12H2,1H3. The minimum atomic E-state index is 1.18. The van der Waals surface area contributed by atoms with Crippen LogP contribution in [-0.4, -0.2) is 54.6 Å². The molecule has 0 spiro atoms. The summed E-state index contributed by atoms with van der Waals surface area (Å²) in [7, 11) is 2.21. The van der Waals surface area contributed by atoms with Gasteiger partial charge in [0.15, 0.2) is 0 Å². The summed E-state index contributed by atoms with van der Waals surface area (Å²) in [5.41, 5.74) is 2.71. The fraction of sp³-hybridized carbons (Fsp3) is 0.500. The largest absolute Gasteiger partial charge is 0.361 e. The van der Waals surface area contributed by atoms with Crippen molar-refractivity contribution in [2.24, 2.45) is 0 Å². The van der Waals surface area contributed by atoms with Gasteiger partial charge >= 0.3 is 0 Å². The van der Waals surface area contributed by atoms with Gasteiger partial charge in [-0.3, -0.25) is 0 Å². The zero-order valence-corrected chi connectivity index (χ0v) is 11.7. The monoisotopic (exact) mass is 257 g/mol. The van der Waals surface area contributed by atoms with E-state index in [1.54, 1.807) is 0 Å². The molecule has 3 nitrogen and oxygen atoms in total. The third-order valence-corrected chi connectivity index (χ3v) is 4.16. The number of aromatic nitrogens is 1. The summed E-state index contributed by atoms with van der Waals surface area (Å²) >= 11 is 0. The van der Waals surface area contributed by atoms with Crippen LogP contribution in [0, 0.1) is 0 Å². The highest BCUT2D eigenvalue weighted by Gasteiger charge is 2.12. The van der Waals surface area contributed by atoms with Gasteiger partial charge in [0.2, 0.25) is 0 Å². The van der Waals surface area contributed by atoms with E-state index in [1.807, 2.05) is 6.20 Å². The molecule has 0 bridgehead atoms. The van der Waals surface area contributed by atoms with Crippen LogP contribution < -0.4 is 0 Å². The Hall–Kier alpha value is -1.32. The molecule has 1 aliphatic rings. The number of aryl methyl sites for hydroxylation is 1. The first-order valence-electron chi connectivity index (χ1n) is 7.28. The minimum absolute atomic E-state index is 1.18. The van der Waals surface area contributed by atoms with Crippen LogP contribution >= 0.6 is 0 Å². The Morgan fingerprint density at radius 2 is 1.95 bits per heavy atom. The van der Waals surface area contributed by atoms with Gasteiger partial charge < -0.3 is 14.8 Å². The van der Waals surface area contributed by atoms with E-state index >= 15 is 0 Å². The molecule has 1 saturated heterocycles. The zero-order chi connectivity index (χ0) is 13.1. The first-order chi connectivity index (χ1) is 9.31. The Labute approximate surface area is 115 Å². The van der Waals surface area contributed by atoms with Crippen LogP contribution in [0.2, 0.25) is 0 Å². The van der Waals surface area contributed by atoms with Crippen molar-refractivity contribution in [2.45, 2.75) is 12.8 Å². The summed E-state index contributed by atoms with van der Waals surface area (Å²) in [5.74, 6) is 0. The van der Waals surface area contributed by atoms with E-state index in [-0.39, 0.29) is 0 Å². The summed E-state index contributed by atoms with van der Waals surface area (Å²) in [6.45, 7) is 6.12. The van der Waals surface area contributed by atoms with E-state index in [0.29, 0.717) is 0 Å². The molecular formula is C16H23N3. The highest BCUT2D eigenvalue weighted by atomic mass is 15.2. The fourth-order valence-corrected chi connectivity index (χ4v) is 2.83. The van der Waals surface area contributed by atoms with Gasteiger partial charge in [-0.1, -0.05) is 12.1 Å². The van der Waals surface area contributed by atoms with Crippen molar-refractivity contribution >= 4 is 10.9 Å². The predicted molar refractivity (Wildman–Crippen MR) is 80.6 cm³/mol. The predicted octanol–water partition coefficient (Wildman–Crippen LogP) is 2.35. The van der Waals surface area contributed by atoms with E-state index < -0.39 is 0 Å². The van der Waals surface area contributed by atoms with Crippen molar-refractivity contribution in [2.75, 3.05) is 39.8 Å². The van der Waals surface area contributed by atoms with Gasteiger partial charge in [0, 0.05) is 37.9 Å². The number of piperazine rings is 1. The molecule has 19 heavy (non-hydrogen) atoms. The topological polar surface area (TPSA) is 22.3 Å². The zero-order valence-electron chi connectivity index (χ0n) is 11.7. The van der Waals surface area contributed by atoms with Crippen molar-refractivity contribution in [3.63, 3.8) is 0 Å². The van der Waals surface area contributed by atoms with E-state index in [2.05, 4.69) is 46.1 Å². The number of aromatic amines is 1. The Balaban J connectivity index is 1.49. The minimum Gasteiger partial charge on any atom is -0.361 e. The van der Waals surface area contributed by atoms with Gasteiger partial charge in [-0.2, -0.15) is 0 Å². The second kappa shape index (κ2) is 5.76. The summed E-state index contributed by atoms with van der Waals surface area (Å²) in [6.07, 6.45) is 4.45. The maximum absolute atomic E-state index is 3.29. The molecule has 1 N–H and O–H groups in total. The number of likely N-dealkylation sites (N-methyl/N-ethyl adjacent to an activating group) is 1. The first-order valence-corrected chi connectivity index (χ1v) is 7.28. The fourth-order valence-electron chi connectivity index (χ4n) is 2.83. The molecule has 3 heteroatoms. The average Bonchev–Trinajstić information content (AvgIpc) is 2.88. The molecule has 1 fully saturated rings. The molecule has 0 unspecified atom stereocenters. The second-order valence-corrected chi connectivity index (χ2v) is 5.65. The molecule has 3 rings (SSSR count). The van der Waals surface area contributed by atoms with E-state index in [1.165, 1.54) is 62.0 Å². The van der Waals surface area contributed by atoms with Gasteiger partial charge in [0.05, 0.1) is 0 Å².